The normalized spacial score (nSPS) is 13.6. The highest BCUT2D eigenvalue weighted by molar-refractivity contribution is 5.78. The summed E-state index contributed by atoms with van der Waals surface area (Å²) < 4.78 is 10.7. The smallest absolute Gasteiger partial charge is 0.332 e. The number of hydrogen-bond acceptors (Lipinski definition) is 6. The van der Waals surface area contributed by atoms with Crippen LogP contribution in [0.15, 0.2) is 58.3 Å². The van der Waals surface area contributed by atoms with E-state index in [9.17, 15) is 14.7 Å². The average molecular weight is 490 g/mol. The molecule has 1 aromatic carbocycles. The van der Waals surface area contributed by atoms with Gasteiger partial charge in [0.15, 0.2) is 11.2 Å². The van der Waals surface area contributed by atoms with Crippen molar-refractivity contribution in [3.8, 4) is 17.3 Å². The number of aliphatic hydroxyl groups is 1. The molecule has 1 aliphatic rings. The van der Waals surface area contributed by atoms with Crippen LogP contribution in [-0.4, -0.2) is 42.0 Å². The Morgan fingerprint density at radius 2 is 1.86 bits per heavy atom. The zero-order chi connectivity index (χ0) is 25.2. The molecule has 0 aliphatic heterocycles. The minimum Gasteiger partial charge on any atom is -0.477 e. The molecule has 9 nitrogen and oxygen atoms in total. The molecule has 9 heteroatoms. The van der Waals surface area contributed by atoms with E-state index in [0.717, 1.165) is 18.4 Å². The second-order valence-electron chi connectivity index (χ2n) is 9.57. The predicted molar refractivity (Wildman–Crippen MR) is 137 cm³/mol. The first-order valence-corrected chi connectivity index (χ1v) is 12.5. The molecule has 1 saturated carbocycles. The molecule has 0 amide bonds. The number of aliphatic hydroxyl groups excluding tert-OH is 1. The van der Waals surface area contributed by atoms with Gasteiger partial charge in [0.2, 0.25) is 5.88 Å². The lowest BCUT2D eigenvalue weighted by molar-refractivity contribution is 0.277. The largest absolute Gasteiger partial charge is 0.477 e. The monoisotopic (exact) mass is 489 g/mol. The fraction of sp³-hybridized carbons (Fsp3) is 0.407. The third-order valence-corrected chi connectivity index (χ3v) is 6.47. The van der Waals surface area contributed by atoms with Crippen molar-refractivity contribution in [2.75, 3.05) is 13.2 Å². The van der Waals surface area contributed by atoms with E-state index in [0.29, 0.717) is 53.9 Å². The van der Waals surface area contributed by atoms with Crippen molar-refractivity contribution in [2.24, 2.45) is 5.92 Å². The molecule has 0 atom stereocenters. The summed E-state index contributed by atoms with van der Waals surface area (Å²) in [6, 6.07) is 13.3. The van der Waals surface area contributed by atoms with E-state index in [1.165, 1.54) is 4.57 Å². The molecule has 3 aromatic heterocycles. The van der Waals surface area contributed by atoms with Crippen LogP contribution in [0, 0.1) is 5.92 Å². The van der Waals surface area contributed by atoms with Gasteiger partial charge in [-0.3, -0.25) is 13.9 Å². The van der Waals surface area contributed by atoms with Crippen LogP contribution >= 0.6 is 0 Å². The maximum Gasteiger partial charge on any atom is 0.332 e. The van der Waals surface area contributed by atoms with E-state index < -0.39 is 11.2 Å². The summed E-state index contributed by atoms with van der Waals surface area (Å²) in [5, 5.41) is 9.37. The molecule has 36 heavy (non-hydrogen) atoms. The number of ether oxygens (including phenoxy) is 1. The summed E-state index contributed by atoms with van der Waals surface area (Å²) in [6.45, 7) is 4.78. The van der Waals surface area contributed by atoms with Crippen LogP contribution in [0.1, 0.15) is 44.7 Å². The topological polar surface area (TPSA) is 104 Å². The van der Waals surface area contributed by atoms with E-state index in [1.807, 2.05) is 60.9 Å². The Hall–Kier alpha value is -3.72. The standard InChI is InChI=1S/C27H31N5O4/c1-18(2)32-24-22(26(34)30(27(32)35)14-7-15-33)31(16-19-8-4-3-5-9-19)23(29-24)21-10-6-13-28-25(21)36-17-20-11-12-20/h3-6,8-10,13,18,20,33H,7,11-12,14-17H2,1-2H3. The van der Waals surface area contributed by atoms with Crippen LogP contribution in [0.4, 0.5) is 0 Å². The lowest BCUT2D eigenvalue weighted by atomic mass is 10.2. The molecule has 1 N–H and O–H groups in total. The third kappa shape index (κ3) is 4.58. The van der Waals surface area contributed by atoms with Gasteiger partial charge in [0.05, 0.1) is 12.2 Å². The molecule has 4 aromatic rings. The van der Waals surface area contributed by atoms with Crippen LogP contribution in [0.25, 0.3) is 22.6 Å². The number of fused-ring (bicyclic) bond motifs is 1. The van der Waals surface area contributed by atoms with Crippen molar-refractivity contribution >= 4 is 11.2 Å². The van der Waals surface area contributed by atoms with Gasteiger partial charge in [-0.15, -0.1) is 0 Å². The predicted octanol–water partition coefficient (Wildman–Crippen LogP) is 3.22. The fourth-order valence-corrected chi connectivity index (χ4v) is 4.43. The van der Waals surface area contributed by atoms with Crippen molar-refractivity contribution < 1.29 is 9.84 Å². The Morgan fingerprint density at radius 1 is 1.08 bits per heavy atom. The second kappa shape index (κ2) is 10.1. The zero-order valence-corrected chi connectivity index (χ0v) is 20.6. The van der Waals surface area contributed by atoms with E-state index in [1.54, 1.807) is 10.8 Å². The number of imidazole rings is 1. The number of rotatable bonds is 10. The Kier molecular flexibility index (Phi) is 6.73. The minimum atomic E-state index is -0.428. The first kappa shape index (κ1) is 24.0. The zero-order valence-electron chi connectivity index (χ0n) is 20.6. The highest BCUT2D eigenvalue weighted by Crippen LogP contribution is 2.33. The molecule has 0 bridgehead atoms. The maximum atomic E-state index is 13.8. The minimum absolute atomic E-state index is 0.114. The summed E-state index contributed by atoms with van der Waals surface area (Å²) in [5.41, 5.74) is 1.50. The van der Waals surface area contributed by atoms with Crippen molar-refractivity contribution in [3.63, 3.8) is 0 Å². The van der Waals surface area contributed by atoms with Gasteiger partial charge in [-0.1, -0.05) is 30.3 Å². The van der Waals surface area contributed by atoms with Crippen LogP contribution in [0.3, 0.4) is 0 Å². The van der Waals surface area contributed by atoms with Gasteiger partial charge < -0.3 is 14.4 Å². The van der Waals surface area contributed by atoms with Crippen LogP contribution in [-0.2, 0) is 13.1 Å². The molecular formula is C27H31N5O4. The summed E-state index contributed by atoms with van der Waals surface area (Å²) in [7, 11) is 0. The van der Waals surface area contributed by atoms with Crippen molar-refractivity contribution in [2.45, 2.75) is 52.2 Å². The highest BCUT2D eigenvalue weighted by atomic mass is 16.5. The quantitative estimate of drug-likeness (QED) is 0.367. The second-order valence-corrected chi connectivity index (χ2v) is 9.57. The molecule has 1 fully saturated rings. The van der Waals surface area contributed by atoms with Gasteiger partial charge in [-0.05, 0) is 56.7 Å². The van der Waals surface area contributed by atoms with Crippen LogP contribution in [0.2, 0.25) is 0 Å². The SMILES string of the molecule is CC(C)n1c(=O)n(CCCO)c(=O)c2c1nc(-c1cccnc1OCC1CC1)n2Cc1ccccc1. The molecule has 0 saturated heterocycles. The Morgan fingerprint density at radius 3 is 2.56 bits per heavy atom. The van der Waals surface area contributed by atoms with E-state index in [2.05, 4.69) is 4.98 Å². The molecule has 1 aliphatic carbocycles. The molecule has 5 rings (SSSR count). The van der Waals surface area contributed by atoms with E-state index >= 15 is 0 Å². The molecule has 0 radical (unpaired) electrons. The number of aromatic nitrogens is 5. The number of nitrogens with zero attached hydrogens (tertiary/aromatic N) is 5. The van der Waals surface area contributed by atoms with Gasteiger partial charge in [-0.25, -0.2) is 14.8 Å². The third-order valence-electron chi connectivity index (χ3n) is 6.47. The van der Waals surface area contributed by atoms with Crippen molar-refractivity contribution in [3.05, 3.63) is 75.1 Å². The summed E-state index contributed by atoms with van der Waals surface area (Å²) >= 11 is 0. The highest BCUT2D eigenvalue weighted by Gasteiger charge is 2.27. The van der Waals surface area contributed by atoms with Crippen molar-refractivity contribution in [1.82, 2.24) is 23.7 Å². The van der Waals surface area contributed by atoms with E-state index in [-0.39, 0.29) is 19.2 Å². The molecule has 0 unspecified atom stereocenters. The Bertz CT molecular complexity index is 1480. The van der Waals surface area contributed by atoms with E-state index in [4.69, 9.17) is 9.72 Å². The lowest BCUT2D eigenvalue weighted by Gasteiger charge is -2.15. The maximum absolute atomic E-state index is 13.8. The van der Waals surface area contributed by atoms with Crippen LogP contribution in [0.5, 0.6) is 5.88 Å². The number of hydrogen-bond donors (Lipinski definition) is 1. The molecule has 3 heterocycles. The lowest BCUT2D eigenvalue weighted by Crippen LogP contribution is -2.41. The molecular weight excluding hydrogens is 458 g/mol. The van der Waals surface area contributed by atoms with Gasteiger partial charge in [-0.2, -0.15) is 0 Å². The average Bonchev–Trinajstić information content (AvgIpc) is 3.64. The Labute approximate surface area is 208 Å². The van der Waals surface area contributed by atoms with Crippen molar-refractivity contribution in [1.29, 1.82) is 0 Å². The summed E-state index contributed by atoms with van der Waals surface area (Å²) in [4.78, 5) is 36.5. The first-order chi connectivity index (χ1) is 17.5. The summed E-state index contributed by atoms with van der Waals surface area (Å²) in [5.74, 6) is 1.54. The first-order valence-electron chi connectivity index (χ1n) is 12.5. The van der Waals surface area contributed by atoms with Gasteiger partial charge in [0.1, 0.15) is 5.82 Å². The van der Waals surface area contributed by atoms with Gasteiger partial charge in [0, 0.05) is 31.9 Å². The fourth-order valence-electron chi connectivity index (χ4n) is 4.43. The summed E-state index contributed by atoms with van der Waals surface area (Å²) in [6.07, 6.45) is 4.30. The number of pyridine rings is 1. The molecule has 188 valence electrons. The molecule has 0 spiro atoms. The number of benzene rings is 1. The Balaban J connectivity index is 1.79. The van der Waals surface area contributed by atoms with Gasteiger partial charge >= 0.3 is 5.69 Å². The van der Waals surface area contributed by atoms with Gasteiger partial charge in [0.25, 0.3) is 5.56 Å². The van der Waals surface area contributed by atoms with Crippen LogP contribution < -0.4 is 16.0 Å².